The zero-order chi connectivity index (χ0) is 22.5. The van der Waals surface area contributed by atoms with Gasteiger partial charge in [-0.05, 0) is 45.7 Å². The van der Waals surface area contributed by atoms with Crippen molar-refractivity contribution in [2.75, 3.05) is 6.54 Å². The highest BCUT2D eigenvalue weighted by atomic mass is 16.7. The highest BCUT2D eigenvalue weighted by Gasteiger charge is 2.39. The van der Waals surface area contributed by atoms with E-state index < -0.39 is 41.6 Å². The fourth-order valence-corrected chi connectivity index (χ4v) is 2.64. The quantitative estimate of drug-likeness (QED) is 0.440. The van der Waals surface area contributed by atoms with Gasteiger partial charge in [0.05, 0.1) is 11.1 Å². The molecule has 11 nitrogen and oxygen atoms in total. The Kier molecular flexibility index (Phi) is 6.98. The van der Waals surface area contributed by atoms with Gasteiger partial charge in [-0.3, -0.25) is 9.59 Å². The van der Waals surface area contributed by atoms with Crippen molar-refractivity contribution >= 4 is 29.9 Å². The molecule has 0 spiro atoms. The van der Waals surface area contributed by atoms with Gasteiger partial charge in [-0.25, -0.2) is 14.4 Å². The summed E-state index contributed by atoms with van der Waals surface area (Å²) in [6, 6.07) is 3.80. The molecule has 1 heterocycles. The van der Waals surface area contributed by atoms with Crippen molar-refractivity contribution in [3.05, 3.63) is 35.4 Å². The highest BCUT2D eigenvalue weighted by Crippen LogP contribution is 2.23. The minimum Gasteiger partial charge on any atom is -0.444 e. The van der Waals surface area contributed by atoms with E-state index in [1.165, 1.54) is 12.1 Å². The molecule has 0 aliphatic carbocycles. The van der Waals surface area contributed by atoms with Crippen molar-refractivity contribution in [2.24, 2.45) is 5.73 Å². The van der Waals surface area contributed by atoms with E-state index in [1.807, 2.05) is 0 Å². The molecule has 1 atom stereocenters. The summed E-state index contributed by atoms with van der Waals surface area (Å²) in [5.74, 6) is -2.61. The van der Waals surface area contributed by atoms with Crippen LogP contribution in [0.4, 0.5) is 9.59 Å². The monoisotopic (exact) mass is 420 g/mol. The first-order valence-corrected chi connectivity index (χ1v) is 9.22. The molecule has 1 unspecified atom stereocenters. The summed E-state index contributed by atoms with van der Waals surface area (Å²) in [5, 5.41) is 5.06. The van der Waals surface area contributed by atoms with Crippen molar-refractivity contribution < 1.29 is 33.5 Å². The molecule has 0 bridgehead atoms. The largest absolute Gasteiger partial charge is 0.444 e. The first kappa shape index (κ1) is 22.7. The molecule has 1 aliphatic rings. The summed E-state index contributed by atoms with van der Waals surface area (Å²) in [5.41, 5.74) is 4.65. The molecule has 1 aliphatic heterocycles. The molecule has 0 saturated heterocycles. The van der Waals surface area contributed by atoms with Crippen molar-refractivity contribution in [1.29, 1.82) is 0 Å². The fraction of sp³-hybridized carbons (Fsp3) is 0.421. The van der Waals surface area contributed by atoms with Crippen LogP contribution in [0.1, 0.15) is 54.3 Å². The zero-order valence-corrected chi connectivity index (χ0v) is 16.9. The smallest absolute Gasteiger partial charge is 0.407 e. The van der Waals surface area contributed by atoms with Crippen LogP contribution in [0.15, 0.2) is 24.3 Å². The Morgan fingerprint density at radius 1 is 1.10 bits per heavy atom. The number of ether oxygens (including phenoxy) is 1. The third kappa shape index (κ3) is 5.93. The third-order valence-electron chi connectivity index (χ3n) is 3.88. The van der Waals surface area contributed by atoms with Crippen LogP contribution in [-0.2, 0) is 14.4 Å². The number of carbonyl (C=O) groups excluding carboxylic acids is 5. The summed E-state index contributed by atoms with van der Waals surface area (Å²) in [6.45, 7) is 5.30. The third-order valence-corrected chi connectivity index (χ3v) is 3.88. The van der Waals surface area contributed by atoms with Crippen molar-refractivity contribution in [2.45, 2.75) is 45.3 Å². The maximum Gasteiger partial charge on any atom is 0.407 e. The number of urea groups is 1. The number of rotatable bonds is 7. The van der Waals surface area contributed by atoms with E-state index in [-0.39, 0.29) is 30.5 Å². The molecule has 162 valence electrons. The van der Waals surface area contributed by atoms with Gasteiger partial charge in [-0.15, -0.1) is 0 Å². The van der Waals surface area contributed by atoms with Crippen LogP contribution in [0.25, 0.3) is 0 Å². The average molecular weight is 420 g/mol. The van der Waals surface area contributed by atoms with E-state index in [4.69, 9.17) is 15.3 Å². The number of imide groups is 1. The number of nitrogens with two attached hydrogens (primary N) is 1. The zero-order valence-electron chi connectivity index (χ0n) is 16.9. The molecule has 4 N–H and O–H groups in total. The Bertz CT molecular complexity index is 828. The van der Waals surface area contributed by atoms with Crippen molar-refractivity contribution in [1.82, 2.24) is 15.7 Å². The van der Waals surface area contributed by atoms with Gasteiger partial charge in [0.1, 0.15) is 11.6 Å². The first-order chi connectivity index (χ1) is 14.0. The van der Waals surface area contributed by atoms with Crippen molar-refractivity contribution in [3.8, 4) is 0 Å². The molecule has 0 fully saturated rings. The Labute approximate surface area is 172 Å². The van der Waals surface area contributed by atoms with Gasteiger partial charge < -0.3 is 25.9 Å². The van der Waals surface area contributed by atoms with Crippen LogP contribution >= 0.6 is 0 Å². The second-order valence-corrected chi connectivity index (χ2v) is 7.49. The second-order valence-electron chi connectivity index (χ2n) is 7.49. The van der Waals surface area contributed by atoms with Gasteiger partial charge in [0.2, 0.25) is 0 Å². The number of carbonyl (C=O) groups is 5. The number of hydrogen-bond donors (Lipinski definition) is 3. The minimum absolute atomic E-state index is 0.0285. The van der Waals surface area contributed by atoms with Gasteiger partial charge in [-0.2, -0.15) is 0 Å². The highest BCUT2D eigenvalue weighted by molar-refractivity contribution is 6.20. The number of nitrogens with zero attached hydrogens (tertiary/aromatic N) is 1. The van der Waals surface area contributed by atoms with E-state index in [9.17, 15) is 24.0 Å². The molecule has 1 aromatic rings. The molecule has 2 rings (SSSR count). The average Bonchev–Trinajstić information content (AvgIpc) is 2.87. The Hall–Kier alpha value is -3.63. The van der Waals surface area contributed by atoms with E-state index in [0.29, 0.717) is 5.06 Å². The summed E-state index contributed by atoms with van der Waals surface area (Å²) in [6.07, 6.45) is -0.349. The normalized spacial score (nSPS) is 14.0. The molecule has 0 saturated carbocycles. The van der Waals surface area contributed by atoms with E-state index in [2.05, 4.69) is 10.6 Å². The molecule has 0 radical (unpaired) electrons. The first-order valence-electron chi connectivity index (χ1n) is 9.22. The van der Waals surface area contributed by atoms with Crippen LogP contribution in [-0.4, -0.2) is 53.2 Å². The maximum atomic E-state index is 12.4. The SMILES string of the molecule is CC(C)(C)OC(=O)NCCCC(NC(N)=O)C(=O)ON1C(=O)c2ccccc2C1=O. The number of nitrogens with one attached hydrogen (secondary N) is 2. The fourth-order valence-electron chi connectivity index (χ4n) is 2.64. The number of fused-ring (bicyclic) bond motifs is 1. The molecule has 5 amide bonds. The van der Waals surface area contributed by atoms with E-state index in [1.54, 1.807) is 32.9 Å². The predicted molar refractivity (Wildman–Crippen MR) is 103 cm³/mol. The molecule has 30 heavy (non-hydrogen) atoms. The summed E-state index contributed by atoms with van der Waals surface area (Å²) in [4.78, 5) is 64.8. The second kappa shape index (κ2) is 9.25. The van der Waals surface area contributed by atoms with Crippen LogP contribution in [0, 0.1) is 0 Å². The molecule has 1 aromatic carbocycles. The van der Waals surface area contributed by atoms with Gasteiger partial charge in [0.15, 0.2) is 0 Å². The van der Waals surface area contributed by atoms with E-state index >= 15 is 0 Å². The summed E-state index contributed by atoms with van der Waals surface area (Å²) < 4.78 is 5.09. The minimum atomic E-state index is -1.23. The topological polar surface area (TPSA) is 157 Å². The predicted octanol–water partition coefficient (Wildman–Crippen LogP) is 1.08. The lowest BCUT2D eigenvalue weighted by atomic mass is 10.1. The molecular weight excluding hydrogens is 396 g/mol. The lowest BCUT2D eigenvalue weighted by Crippen LogP contribution is -2.47. The lowest BCUT2D eigenvalue weighted by molar-refractivity contribution is -0.171. The number of primary amides is 1. The van der Waals surface area contributed by atoms with Crippen LogP contribution < -0.4 is 16.4 Å². The standard InChI is InChI=1S/C19H24N4O7/c1-19(2,3)29-18(28)21-10-6-9-13(22-17(20)27)16(26)30-23-14(24)11-7-4-5-8-12(11)15(23)25/h4-5,7-8,13H,6,9-10H2,1-3H3,(H,21,28)(H3,20,22,27). The lowest BCUT2D eigenvalue weighted by Gasteiger charge is -2.21. The Morgan fingerprint density at radius 3 is 2.17 bits per heavy atom. The number of benzene rings is 1. The van der Waals surface area contributed by atoms with Gasteiger partial charge in [0, 0.05) is 6.54 Å². The number of hydrogen-bond acceptors (Lipinski definition) is 7. The number of alkyl carbamates (subject to hydrolysis) is 1. The Morgan fingerprint density at radius 2 is 1.67 bits per heavy atom. The summed E-state index contributed by atoms with van der Waals surface area (Å²) >= 11 is 0. The van der Waals surface area contributed by atoms with Crippen LogP contribution in [0.5, 0.6) is 0 Å². The van der Waals surface area contributed by atoms with Gasteiger partial charge >= 0.3 is 18.1 Å². The maximum absolute atomic E-state index is 12.4. The van der Waals surface area contributed by atoms with Gasteiger partial charge in [-0.1, -0.05) is 17.2 Å². The number of amides is 5. The van der Waals surface area contributed by atoms with Crippen LogP contribution in [0.3, 0.4) is 0 Å². The summed E-state index contributed by atoms with van der Waals surface area (Å²) in [7, 11) is 0. The van der Waals surface area contributed by atoms with Crippen molar-refractivity contribution in [3.63, 3.8) is 0 Å². The number of hydroxylamine groups is 2. The van der Waals surface area contributed by atoms with Gasteiger partial charge in [0.25, 0.3) is 11.8 Å². The Balaban J connectivity index is 1.93. The molecule has 0 aromatic heterocycles. The molecular formula is C19H24N4O7. The van der Waals surface area contributed by atoms with Crippen LogP contribution in [0.2, 0.25) is 0 Å². The molecule has 11 heteroatoms. The van der Waals surface area contributed by atoms with E-state index in [0.717, 1.165) is 0 Å².